The summed E-state index contributed by atoms with van der Waals surface area (Å²) in [4.78, 5) is 0. The molecule has 1 aromatic heterocycles. The van der Waals surface area contributed by atoms with Gasteiger partial charge in [0.25, 0.3) is 0 Å². The van der Waals surface area contributed by atoms with E-state index < -0.39 is 262 Å². The van der Waals surface area contributed by atoms with Crippen LogP contribution in [-0.2, 0) is 0 Å². The number of furan rings is 1. The molecule has 0 fully saturated rings. The maximum absolute atomic E-state index is 9.76. The summed E-state index contributed by atoms with van der Waals surface area (Å²) in [6, 6.07) is -22.9. The van der Waals surface area contributed by atoms with Crippen LogP contribution in [0.2, 0.25) is 0 Å². The van der Waals surface area contributed by atoms with E-state index in [-0.39, 0.29) is 0 Å². The average Bonchev–Trinajstić information content (AvgIpc) is 3.78. The Balaban J connectivity index is 1.56. The average molecular weight is 624 g/mol. The zero-order valence-electron chi connectivity index (χ0n) is 50.5. The van der Waals surface area contributed by atoms with Crippen LogP contribution in [-0.4, -0.2) is 0 Å². The molecule has 0 bridgehead atoms. The van der Waals surface area contributed by atoms with Gasteiger partial charge in [-0.1, -0.05) is 151 Å². The highest BCUT2D eigenvalue weighted by Crippen LogP contribution is 2.48. The molecule has 0 spiro atoms. The van der Waals surface area contributed by atoms with Crippen molar-refractivity contribution in [1.29, 1.82) is 0 Å². The Morgan fingerprint density at radius 3 is 1.70 bits per heavy atom. The quantitative estimate of drug-likeness (QED) is 0.178. The Morgan fingerprint density at radius 2 is 0.936 bits per heavy atom. The molecule has 0 aliphatic carbocycles. The van der Waals surface area contributed by atoms with Crippen molar-refractivity contribution in [3.63, 3.8) is 0 Å². The highest BCUT2D eigenvalue weighted by Gasteiger charge is 2.21. The highest BCUT2D eigenvalue weighted by atomic mass is 16.3. The van der Waals surface area contributed by atoms with Gasteiger partial charge in [-0.15, -0.1) is 0 Å². The van der Waals surface area contributed by atoms with Gasteiger partial charge in [0.2, 0.25) is 0 Å². The van der Waals surface area contributed by atoms with Crippen LogP contribution in [0.4, 0.5) is 0 Å². The number of hydrogen-bond acceptors (Lipinski definition) is 1. The van der Waals surface area contributed by atoms with Crippen LogP contribution in [0.1, 0.15) is 37.0 Å². The summed E-state index contributed by atoms with van der Waals surface area (Å²) < 4.78 is 249. The summed E-state index contributed by atoms with van der Waals surface area (Å²) in [7, 11) is 0. The van der Waals surface area contributed by atoms with Gasteiger partial charge in [-0.3, -0.25) is 0 Å². The summed E-state index contributed by atoms with van der Waals surface area (Å²) >= 11 is 0. The van der Waals surface area contributed by atoms with E-state index in [2.05, 4.69) is 0 Å². The van der Waals surface area contributed by atoms with E-state index >= 15 is 0 Å². The summed E-state index contributed by atoms with van der Waals surface area (Å²) in [5.41, 5.74) is -5.19. The molecule has 9 aromatic carbocycles. The molecule has 0 aliphatic heterocycles. The number of rotatable bonds is 3. The van der Waals surface area contributed by atoms with Gasteiger partial charge >= 0.3 is 0 Å². The first-order chi connectivity index (χ1) is 34.6. The third-order valence-electron chi connectivity index (χ3n) is 7.90. The fourth-order valence-electron chi connectivity index (χ4n) is 5.99. The number of hydrogen-bond donors (Lipinski definition) is 0. The Bertz CT molecular complexity index is 4360. The molecule has 0 N–H and O–H groups in total. The third kappa shape index (κ3) is 3.90. The lowest BCUT2D eigenvalue weighted by Crippen LogP contribution is -1.92. The van der Waals surface area contributed by atoms with E-state index in [4.69, 9.17) is 27.7 Å². The Labute approximate surface area is 309 Å². The van der Waals surface area contributed by atoms with Crippen molar-refractivity contribution in [2.24, 2.45) is 0 Å². The fourth-order valence-corrected chi connectivity index (χ4v) is 5.99. The highest BCUT2D eigenvalue weighted by molar-refractivity contribution is 6.27. The molecule has 0 saturated heterocycles. The SMILES string of the molecule is [2H]c1cc2c(-c3c([2H])c([2H])c(-c4c([2H])c([2H])c([2H])c([2H])c4[2H])c4c([2H])c([2H])c([2H])c([2H])c34)c3c([2H])c([2H])c([2H])c([2H])c3c(-c3c([2H])c([2H])c([2H])c4oc5c([2H])c6c([2H])c([2H])c([2H])c([2H])c6c([2H])c5c34)c2c([2H])c1[2H]. The second-order valence-corrected chi connectivity index (χ2v) is 10.3. The van der Waals surface area contributed by atoms with Crippen LogP contribution >= 0.6 is 0 Å². The first-order valence-electron chi connectivity index (χ1n) is 27.5. The van der Waals surface area contributed by atoms with Crippen molar-refractivity contribution >= 4 is 65.0 Å². The van der Waals surface area contributed by atoms with Crippen molar-refractivity contribution in [2.45, 2.75) is 0 Å². The third-order valence-corrected chi connectivity index (χ3v) is 7.90. The molecule has 1 nitrogen and oxygen atoms in total. The maximum Gasteiger partial charge on any atom is 0.136 e. The summed E-state index contributed by atoms with van der Waals surface area (Å²) in [6.07, 6.45) is 0. The molecule has 1 heteroatoms. The Morgan fingerprint density at radius 1 is 0.362 bits per heavy atom. The minimum Gasteiger partial charge on any atom is -0.456 e. The second-order valence-electron chi connectivity index (χ2n) is 10.3. The molecule has 47 heavy (non-hydrogen) atoms. The summed E-state index contributed by atoms with van der Waals surface area (Å²) in [5.74, 6) is 0. The first kappa shape index (κ1) is 11.0. The standard InChI is InChI=1S/C46H28O/c1-2-13-29(14-3-1)32-25-26-39(34-18-7-6-17-33(32)34)44-35-19-8-10-21-37(35)45(38-22-11-9-20-36(38)44)40-23-12-24-42-46(40)41-27-30-15-4-5-16-31(30)28-43(41)47-42/h1-28H/i1D,2D,3D,4D,5D,6D,7D,8D,9D,10D,11D,12D,13D,14D,15D,16D,17D,18D,19D,21D,22D,23D,24D,25D,26D,27D,28D. The van der Waals surface area contributed by atoms with Crippen molar-refractivity contribution < 1.29 is 41.4 Å². The van der Waals surface area contributed by atoms with Crippen molar-refractivity contribution in [2.75, 3.05) is 0 Å². The van der Waals surface area contributed by atoms with E-state index in [0.717, 1.165) is 6.07 Å². The van der Waals surface area contributed by atoms with Crippen LogP contribution in [0.25, 0.3) is 98.4 Å². The van der Waals surface area contributed by atoms with Crippen LogP contribution in [0.3, 0.4) is 0 Å². The zero-order valence-corrected chi connectivity index (χ0v) is 23.5. The smallest absolute Gasteiger partial charge is 0.136 e. The van der Waals surface area contributed by atoms with Gasteiger partial charge in [-0.05, 0) is 94.6 Å². The number of fused-ring (bicyclic) bond motifs is 7. The van der Waals surface area contributed by atoms with E-state index in [1.54, 1.807) is 0 Å². The second kappa shape index (κ2) is 10.2. The molecule has 0 radical (unpaired) electrons. The van der Waals surface area contributed by atoms with Crippen molar-refractivity contribution in [3.8, 4) is 33.4 Å². The normalized spacial score (nSPS) is 19.9. The predicted molar refractivity (Wildman–Crippen MR) is 200 cm³/mol. The minimum atomic E-state index is -1.02. The Kier molecular flexibility index (Phi) is 2.37. The largest absolute Gasteiger partial charge is 0.456 e. The maximum atomic E-state index is 9.76. The summed E-state index contributed by atoms with van der Waals surface area (Å²) in [5, 5.41) is -5.74. The molecule has 0 saturated carbocycles. The molecule has 0 atom stereocenters. The molecule has 10 aromatic rings. The van der Waals surface area contributed by atoms with Gasteiger partial charge in [0.15, 0.2) is 0 Å². The van der Waals surface area contributed by atoms with Crippen LogP contribution in [0.5, 0.6) is 0 Å². The molecule has 10 rings (SSSR count). The van der Waals surface area contributed by atoms with E-state index in [1.807, 2.05) is 0 Å². The fraction of sp³-hybridized carbons (Fsp3) is 0. The zero-order chi connectivity index (χ0) is 54.4. The molecule has 0 unspecified atom stereocenters. The van der Waals surface area contributed by atoms with Crippen LogP contribution in [0, 0.1) is 0 Å². The van der Waals surface area contributed by atoms with Gasteiger partial charge in [0, 0.05) is 10.8 Å². The van der Waals surface area contributed by atoms with Gasteiger partial charge in [0.1, 0.15) is 11.2 Å². The van der Waals surface area contributed by atoms with E-state index in [1.165, 1.54) is 0 Å². The topological polar surface area (TPSA) is 13.1 Å². The van der Waals surface area contributed by atoms with E-state index in [0.29, 0.717) is 0 Å². The lowest BCUT2D eigenvalue weighted by atomic mass is 9.83. The molecular formula is C46H28O. The molecule has 0 amide bonds. The molecule has 1 heterocycles. The van der Waals surface area contributed by atoms with Crippen molar-refractivity contribution in [1.82, 2.24) is 0 Å². The molecule has 218 valence electrons. The summed E-state index contributed by atoms with van der Waals surface area (Å²) in [6.45, 7) is 0. The van der Waals surface area contributed by atoms with Gasteiger partial charge < -0.3 is 4.42 Å². The Hall–Kier alpha value is -6.18. The molecular weight excluding hydrogens is 569 g/mol. The van der Waals surface area contributed by atoms with Gasteiger partial charge in [-0.25, -0.2) is 0 Å². The monoisotopic (exact) mass is 623 g/mol. The van der Waals surface area contributed by atoms with Crippen molar-refractivity contribution in [3.05, 3.63) is 169 Å². The lowest BCUT2D eigenvalue weighted by Gasteiger charge is -2.20. The first-order valence-corrected chi connectivity index (χ1v) is 14.0. The van der Waals surface area contributed by atoms with Crippen LogP contribution in [0.15, 0.2) is 174 Å². The molecule has 0 aliphatic rings. The lowest BCUT2D eigenvalue weighted by molar-refractivity contribution is 0.669. The number of benzene rings is 9. The predicted octanol–water partition coefficient (Wildman–Crippen LogP) is 13.2. The minimum absolute atomic E-state index is 0.467. The van der Waals surface area contributed by atoms with Gasteiger partial charge in [-0.2, -0.15) is 0 Å². The van der Waals surface area contributed by atoms with Crippen LogP contribution < -0.4 is 0 Å². The van der Waals surface area contributed by atoms with E-state index in [9.17, 15) is 13.7 Å². The van der Waals surface area contributed by atoms with Gasteiger partial charge in [0.05, 0.1) is 37.0 Å².